The van der Waals surface area contributed by atoms with Gasteiger partial charge in [0.15, 0.2) is 0 Å². The van der Waals surface area contributed by atoms with E-state index in [-0.39, 0.29) is 5.78 Å². The molecule has 0 spiro atoms. The van der Waals surface area contributed by atoms with Crippen LogP contribution in [-0.2, 0) is 11.2 Å². The molecule has 0 bridgehead atoms. The Kier molecular flexibility index (Phi) is 5.16. The van der Waals surface area contributed by atoms with Crippen LogP contribution in [0, 0.1) is 13.8 Å². The zero-order valence-electron chi connectivity index (χ0n) is 11.1. The van der Waals surface area contributed by atoms with E-state index in [1.807, 2.05) is 0 Å². The van der Waals surface area contributed by atoms with E-state index in [1.165, 1.54) is 5.56 Å². The molecule has 0 aliphatic heterocycles. The van der Waals surface area contributed by atoms with E-state index in [2.05, 4.69) is 31.3 Å². The number of carbonyl (C=O) groups is 1. The van der Waals surface area contributed by atoms with Crippen LogP contribution < -0.4 is 10.1 Å². The molecule has 17 heavy (non-hydrogen) atoms. The molecule has 1 aromatic carbocycles. The zero-order chi connectivity index (χ0) is 12.8. The first kappa shape index (κ1) is 13.7. The highest BCUT2D eigenvalue weighted by molar-refractivity contribution is 5.77. The number of rotatable bonds is 6. The first-order valence-corrected chi connectivity index (χ1v) is 5.89. The van der Waals surface area contributed by atoms with Crippen molar-refractivity contribution in [1.29, 1.82) is 0 Å². The molecule has 1 N–H and O–H groups in total. The Morgan fingerprint density at radius 1 is 1.29 bits per heavy atom. The second-order valence-corrected chi connectivity index (χ2v) is 4.39. The minimum Gasteiger partial charge on any atom is -0.496 e. The summed E-state index contributed by atoms with van der Waals surface area (Å²) in [4.78, 5) is 10.8. The van der Waals surface area contributed by atoms with Crippen molar-refractivity contribution in [2.24, 2.45) is 0 Å². The van der Waals surface area contributed by atoms with E-state index in [1.54, 1.807) is 14.0 Å². The van der Waals surface area contributed by atoms with Crippen molar-refractivity contribution in [1.82, 2.24) is 5.32 Å². The largest absolute Gasteiger partial charge is 0.496 e. The maximum absolute atomic E-state index is 10.8. The van der Waals surface area contributed by atoms with Crippen LogP contribution in [0.25, 0.3) is 0 Å². The molecule has 0 atom stereocenters. The lowest BCUT2D eigenvalue weighted by molar-refractivity contribution is -0.116. The quantitative estimate of drug-likeness (QED) is 0.767. The molecule has 0 aromatic heterocycles. The first-order chi connectivity index (χ1) is 8.04. The number of Topliss-reactive ketones (excluding diaryl/α,β-unsaturated/α-hetero) is 1. The summed E-state index contributed by atoms with van der Waals surface area (Å²) < 4.78 is 5.33. The van der Waals surface area contributed by atoms with E-state index in [9.17, 15) is 4.79 Å². The fourth-order valence-electron chi connectivity index (χ4n) is 2.00. The standard InChI is InChI=1S/C14H21NO2/c1-10-7-13(5-6-15-9-12(3)16)8-11(2)14(10)17-4/h7-8,15H,5-6,9H2,1-4H3. The number of benzene rings is 1. The van der Waals surface area contributed by atoms with Crippen LogP contribution in [-0.4, -0.2) is 26.0 Å². The summed E-state index contributed by atoms with van der Waals surface area (Å²) in [5, 5.41) is 3.12. The highest BCUT2D eigenvalue weighted by Gasteiger charge is 2.05. The molecule has 0 heterocycles. The van der Waals surface area contributed by atoms with Crippen molar-refractivity contribution in [3.63, 3.8) is 0 Å². The number of nitrogens with one attached hydrogen (secondary N) is 1. The summed E-state index contributed by atoms with van der Waals surface area (Å²) in [6, 6.07) is 4.28. The molecule has 0 saturated carbocycles. The lowest BCUT2D eigenvalue weighted by Crippen LogP contribution is -2.23. The van der Waals surface area contributed by atoms with E-state index in [4.69, 9.17) is 4.74 Å². The van der Waals surface area contributed by atoms with Crippen molar-refractivity contribution in [2.45, 2.75) is 27.2 Å². The number of methoxy groups -OCH3 is 1. The molecule has 0 radical (unpaired) electrons. The molecule has 0 aliphatic carbocycles. The van der Waals surface area contributed by atoms with Crippen LogP contribution in [0.5, 0.6) is 5.75 Å². The summed E-state index contributed by atoms with van der Waals surface area (Å²) in [5.74, 6) is 1.14. The SMILES string of the molecule is COc1c(C)cc(CCNCC(C)=O)cc1C. The molecule has 1 rings (SSSR count). The lowest BCUT2D eigenvalue weighted by atomic mass is 10.0. The maximum atomic E-state index is 10.8. The van der Waals surface area contributed by atoms with E-state index >= 15 is 0 Å². The summed E-state index contributed by atoms with van der Waals surface area (Å²) >= 11 is 0. The molecule has 0 unspecified atom stereocenters. The van der Waals surface area contributed by atoms with Crippen molar-refractivity contribution < 1.29 is 9.53 Å². The van der Waals surface area contributed by atoms with Crippen molar-refractivity contribution in [3.05, 3.63) is 28.8 Å². The van der Waals surface area contributed by atoms with Gasteiger partial charge in [0.05, 0.1) is 13.7 Å². The predicted molar refractivity (Wildman–Crippen MR) is 69.7 cm³/mol. The average Bonchev–Trinajstić information content (AvgIpc) is 2.24. The third kappa shape index (κ3) is 4.19. The van der Waals surface area contributed by atoms with Gasteiger partial charge in [-0.25, -0.2) is 0 Å². The fraction of sp³-hybridized carbons (Fsp3) is 0.500. The Hall–Kier alpha value is -1.35. The average molecular weight is 235 g/mol. The van der Waals surface area contributed by atoms with Gasteiger partial charge in [-0.05, 0) is 50.4 Å². The lowest BCUT2D eigenvalue weighted by Gasteiger charge is -2.11. The molecular weight excluding hydrogens is 214 g/mol. The van der Waals surface area contributed by atoms with Gasteiger partial charge >= 0.3 is 0 Å². The summed E-state index contributed by atoms with van der Waals surface area (Å²) in [5.41, 5.74) is 3.60. The monoisotopic (exact) mass is 235 g/mol. The number of aryl methyl sites for hydroxylation is 2. The van der Waals surface area contributed by atoms with Crippen LogP contribution in [0.3, 0.4) is 0 Å². The second-order valence-electron chi connectivity index (χ2n) is 4.39. The Balaban J connectivity index is 2.58. The summed E-state index contributed by atoms with van der Waals surface area (Å²) in [6.45, 7) is 6.98. The molecule has 0 amide bonds. The highest BCUT2D eigenvalue weighted by atomic mass is 16.5. The Bertz CT molecular complexity index is 376. The molecule has 3 nitrogen and oxygen atoms in total. The number of ketones is 1. The number of ether oxygens (including phenoxy) is 1. The van der Waals surface area contributed by atoms with Crippen molar-refractivity contribution >= 4 is 5.78 Å². The van der Waals surface area contributed by atoms with Gasteiger partial charge in [0.2, 0.25) is 0 Å². The molecule has 0 fully saturated rings. The summed E-state index contributed by atoms with van der Waals surface area (Å²) in [7, 11) is 1.70. The van der Waals surface area contributed by atoms with Gasteiger partial charge in [-0.15, -0.1) is 0 Å². The number of hydrogen-bond donors (Lipinski definition) is 1. The second kappa shape index (κ2) is 6.40. The van der Waals surface area contributed by atoms with Gasteiger partial charge in [-0.3, -0.25) is 4.79 Å². The molecule has 0 saturated heterocycles. The third-order valence-electron chi connectivity index (χ3n) is 2.69. The normalized spacial score (nSPS) is 10.4. The maximum Gasteiger partial charge on any atom is 0.143 e. The Morgan fingerprint density at radius 3 is 2.35 bits per heavy atom. The van der Waals surface area contributed by atoms with Gasteiger partial charge in [-0.1, -0.05) is 12.1 Å². The van der Waals surface area contributed by atoms with Crippen LogP contribution in [0.4, 0.5) is 0 Å². The van der Waals surface area contributed by atoms with Crippen molar-refractivity contribution in [2.75, 3.05) is 20.2 Å². The van der Waals surface area contributed by atoms with Crippen LogP contribution in [0.2, 0.25) is 0 Å². The molecule has 0 aliphatic rings. The smallest absolute Gasteiger partial charge is 0.143 e. The van der Waals surface area contributed by atoms with Crippen LogP contribution in [0.15, 0.2) is 12.1 Å². The third-order valence-corrected chi connectivity index (χ3v) is 2.69. The zero-order valence-corrected chi connectivity index (χ0v) is 11.1. The van der Waals surface area contributed by atoms with Gasteiger partial charge in [0.25, 0.3) is 0 Å². The summed E-state index contributed by atoms with van der Waals surface area (Å²) in [6.07, 6.45) is 0.930. The topological polar surface area (TPSA) is 38.3 Å². The Labute approximate surface area is 103 Å². The van der Waals surface area contributed by atoms with Gasteiger partial charge < -0.3 is 10.1 Å². The van der Waals surface area contributed by atoms with Gasteiger partial charge in [-0.2, -0.15) is 0 Å². The molecular formula is C14H21NO2. The molecule has 3 heteroatoms. The number of carbonyl (C=O) groups excluding carboxylic acids is 1. The number of hydrogen-bond acceptors (Lipinski definition) is 3. The van der Waals surface area contributed by atoms with E-state index in [0.29, 0.717) is 6.54 Å². The molecule has 94 valence electrons. The van der Waals surface area contributed by atoms with Crippen LogP contribution >= 0.6 is 0 Å². The van der Waals surface area contributed by atoms with E-state index < -0.39 is 0 Å². The minimum atomic E-state index is 0.173. The minimum absolute atomic E-state index is 0.173. The van der Waals surface area contributed by atoms with Crippen LogP contribution in [0.1, 0.15) is 23.6 Å². The highest BCUT2D eigenvalue weighted by Crippen LogP contribution is 2.24. The van der Waals surface area contributed by atoms with Crippen molar-refractivity contribution in [3.8, 4) is 5.75 Å². The molecule has 1 aromatic rings. The van der Waals surface area contributed by atoms with E-state index in [0.717, 1.165) is 29.8 Å². The fourth-order valence-corrected chi connectivity index (χ4v) is 2.00. The van der Waals surface area contributed by atoms with Gasteiger partial charge in [0, 0.05) is 0 Å². The Morgan fingerprint density at radius 2 is 1.88 bits per heavy atom. The predicted octanol–water partition coefficient (Wildman–Crippen LogP) is 2.03. The van der Waals surface area contributed by atoms with Gasteiger partial charge in [0.1, 0.15) is 11.5 Å². The first-order valence-electron chi connectivity index (χ1n) is 5.89.